The molecule has 5 aliphatic rings. The van der Waals surface area contributed by atoms with Crippen LogP contribution in [0.4, 0.5) is 0 Å². The zero-order valence-electron chi connectivity index (χ0n) is 18.2. The van der Waals surface area contributed by atoms with Crippen LogP contribution in [0.3, 0.4) is 0 Å². The lowest BCUT2D eigenvalue weighted by molar-refractivity contribution is -0.315. The average molecular weight is 425 g/mol. The molecule has 6 nitrogen and oxygen atoms in total. The number of fused-ring (bicyclic) bond motifs is 5. The minimum atomic E-state index is -1.36. The van der Waals surface area contributed by atoms with Crippen molar-refractivity contribution in [3.05, 3.63) is 0 Å². The molecule has 4 aliphatic carbocycles. The molecule has 1 saturated heterocycles. The van der Waals surface area contributed by atoms with Gasteiger partial charge in [-0.3, -0.25) is 0 Å². The van der Waals surface area contributed by atoms with Crippen LogP contribution >= 0.6 is 0 Å². The fourth-order valence-electron chi connectivity index (χ4n) is 8.25. The van der Waals surface area contributed by atoms with Crippen molar-refractivity contribution in [1.82, 2.24) is 0 Å². The van der Waals surface area contributed by atoms with Crippen LogP contribution in [-0.4, -0.2) is 63.8 Å². The van der Waals surface area contributed by atoms with E-state index < -0.39 is 37.3 Å². The van der Waals surface area contributed by atoms with Gasteiger partial charge in [-0.15, -0.1) is 0 Å². The fraction of sp³-hybridized carbons (Fsp3) is 1.00. The van der Waals surface area contributed by atoms with Crippen molar-refractivity contribution in [3.8, 4) is 0 Å². The smallest absolute Gasteiger partial charge is 0.186 e. The third-order valence-electron chi connectivity index (χ3n) is 9.76. The molecule has 30 heavy (non-hydrogen) atoms. The van der Waals surface area contributed by atoms with Crippen LogP contribution < -0.4 is 0 Å². The van der Waals surface area contributed by atoms with Crippen LogP contribution in [0.25, 0.3) is 0 Å². The monoisotopic (exact) mass is 424 g/mol. The van der Waals surface area contributed by atoms with E-state index in [1.807, 2.05) is 0 Å². The van der Waals surface area contributed by atoms with Crippen LogP contribution in [0.2, 0.25) is 0 Å². The first-order valence-electron chi connectivity index (χ1n) is 12.4. The Kier molecular flexibility index (Phi) is 6.19. The van der Waals surface area contributed by atoms with Crippen molar-refractivity contribution in [2.75, 3.05) is 6.61 Å². The van der Waals surface area contributed by atoms with E-state index in [-0.39, 0.29) is 6.10 Å². The molecule has 13 atom stereocenters. The molecule has 13 unspecified atom stereocenters. The quantitative estimate of drug-likeness (QED) is 0.518. The van der Waals surface area contributed by atoms with Gasteiger partial charge in [0, 0.05) is 0 Å². The van der Waals surface area contributed by atoms with Crippen molar-refractivity contribution >= 4 is 0 Å². The summed E-state index contributed by atoms with van der Waals surface area (Å²) in [7, 11) is 0. The molecule has 0 aromatic carbocycles. The summed E-state index contributed by atoms with van der Waals surface area (Å²) in [4.78, 5) is 0. The van der Waals surface area contributed by atoms with Crippen molar-refractivity contribution in [2.24, 2.45) is 41.4 Å². The maximum Gasteiger partial charge on any atom is 0.186 e. The molecule has 1 heterocycles. The third kappa shape index (κ3) is 3.65. The van der Waals surface area contributed by atoms with Gasteiger partial charge >= 0.3 is 0 Å². The molecular weight excluding hydrogens is 384 g/mol. The first kappa shape index (κ1) is 21.6. The highest BCUT2D eigenvalue weighted by molar-refractivity contribution is 5.00. The molecule has 0 amide bonds. The van der Waals surface area contributed by atoms with E-state index in [4.69, 9.17) is 9.47 Å². The Morgan fingerprint density at radius 2 is 1.37 bits per heavy atom. The molecule has 172 valence electrons. The van der Waals surface area contributed by atoms with Gasteiger partial charge in [-0.2, -0.15) is 0 Å². The van der Waals surface area contributed by atoms with Crippen LogP contribution in [0, 0.1) is 41.4 Å². The number of aliphatic hydroxyl groups is 4. The molecule has 0 bridgehead atoms. The number of ether oxygens (including phenoxy) is 2. The molecule has 5 fully saturated rings. The number of aliphatic hydroxyl groups excluding tert-OH is 4. The minimum absolute atomic E-state index is 0.00655. The number of hydrogen-bond acceptors (Lipinski definition) is 6. The molecule has 5 rings (SSSR count). The van der Waals surface area contributed by atoms with Gasteiger partial charge in [-0.25, -0.2) is 0 Å². The lowest BCUT2D eigenvalue weighted by Gasteiger charge is -2.53. The second-order valence-corrected chi connectivity index (χ2v) is 11.1. The molecule has 6 heteroatoms. The van der Waals surface area contributed by atoms with E-state index >= 15 is 0 Å². The number of rotatable bonds is 3. The molecule has 0 aromatic heterocycles. The summed E-state index contributed by atoms with van der Waals surface area (Å²) in [6.45, 7) is 2.06. The molecule has 4 N–H and O–H groups in total. The maximum atomic E-state index is 10.3. The van der Waals surface area contributed by atoms with E-state index in [1.165, 1.54) is 44.9 Å². The topological polar surface area (TPSA) is 99.4 Å². The van der Waals surface area contributed by atoms with Gasteiger partial charge in [0.15, 0.2) is 6.29 Å². The van der Waals surface area contributed by atoms with E-state index in [2.05, 4.69) is 6.92 Å². The Morgan fingerprint density at radius 1 is 0.733 bits per heavy atom. The van der Waals surface area contributed by atoms with Crippen LogP contribution in [0.15, 0.2) is 0 Å². The highest BCUT2D eigenvalue weighted by Gasteiger charge is 2.52. The van der Waals surface area contributed by atoms with Gasteiger partial charge in [0.25, 0.3) is 0 Å². The lowest BCUT2D eigenvalue weighted by Crippen LogP contribution is -2.60. The summed E-state index contributed by atoms with van der Waals surface area (Å²) >= 11 is 0. The molecule has 0 aromatic rings. The lowest BCUT2D eigenvalue weighted by atomic mass is 9.53. The second-order valence-electron chi connectivity index (χ2n) is 11.1. The van der Waals surface area contributed by atoms with Gasteiger partial charge in [-0.05, 0) is 92.8 Å². The van der Waals surface area contributed by atoms with E-state index in [0.29, 0.717) is 5.92 Å². The van der Waals surface area contributed by atoms with Crippen molar-refractivity contribution in [2.45, 2.75) is 102 Å². The normalized spacial score (nSPS) is 56.1. The minimum Gasteiger partial charge on any atom is -0.394 e. The molecule has 1 aliphatic heterocycles. The second kappa shape index (κ2) is 8.60. The fourth-order valence-corrected chi connectivity index (χ4v) is 8.25. The largest absolute Gasteiger partial charge is 0.394 e. The van der Waals surface area contributed by atoms with E-state index in [0.717, 1.165) is 48.3 Å². The standard InChI is InChI=1S/C24H40O6/c1-12-2-5-17-15(12)8-9-18-16-7-4-14(10-13(16)3-6-19(17)18)29-24-23(28)22(27)21(26)20(11-25)30-24/h12-28H,2-11H2,1H3. The van der Waals surface area contributed by atoms with Gasteiger partial charge in [0.1, 0.15) is 24.4 Å². The first-order chi connectivity index (χ1) is 14.5. The summed E-state index contributed by atoms with van der Waals surface area (Å²) in [5.74, 6) is 6.22. The Balaban J connectivity index is 1.20. The summed E-state index contributed by atoms with van der Waals surface area (Å²) in [5, 5.41) is 39.7. The Morgan fingerprint density at radius 3 is 2.17 bits per heavy atom. The molecule has 0 spiro atoms. The summed E-state index contributed by atoms with van der Waals surface area (Å²) in [6, 6.07) is 0. The van der Waals surface area contributed by atoms with Crippen LogP contribution in [-0.2, 0) is 9.47 Å². The zero-order chi connectivity index (χ0) is 21.0. The summed E-state index contributed by atoms with van der Waals surface area (Å²) in [6.07, 6.45) is 5.65. The van der Waals surface area contributed by atoms with E-state index in [1.54, 1.807) is 0 Å². The third-order valence-corrected chi connectivity index (χ3v) is 9.76. The Hall–Kier alpha value is -0.240. The summed E-state index contributed by atoms with van der Waals surface area (Å²) in [5.41, 5.74) is 0. The SMILES string of the molecule is CC1CCC2C1CCC1C3CCC(OC4OC(CO)C(O)C(O)C4O)CC3CCC21. The van der Waals surface area contributed by atoms with Crippen LogP contribution in [0.5, 0.6) is 0 Å². The van der Waals surface area contributed by atoms with Crippen LogP contribution in [0.1, 0.15) is 64.7 Å². The Bertz CT molecular complexity index is 598. The van der Waals surface area contributed by atoms with E-state index in [9.17, 15) is 20.4 Å². The molecular formula is C24H40O6. The van der Waals surface area contributed by atoms with Crippen molar-refractivity contribution in [1.29, 1.82) is 0 Å². The highest BCUT2D eigenvalue weighted by Crippen LogP contribution is 2.59. The van der Waals surface area contributed by atoms with Crippen molar-refractivity contribution in [3.63, 3.8) is 0 Å². The highest BCUT2D eigenvalue weighted by atomic mass is 16.7. The summed E-state index contributed by atoms with van der Waals surface area (Å²) < 4.78 is 11.7. The average Bonchev–Trinajstić information content (AvgIpc) is 3.14. The Labute approximate surface area is 180 Å². The first-order valence-corrected chi connectivity index (χ1v) is 12.4. The van der Waals surface area contributed by atoms with Gasteiger partial charge < -0.3 is 29.9 Å². The number of hydrogen-bond donors (Lipinski definition) is 4. The predicted octanol–water partition coefficient (Wildman–Crippen LogP) is 2.07. The van der Waals surface area contributed by atoms with Gasteiger partial charge in [0.05, 0.1) is 12.7 Å². The maximum absolute atomic E-state index is 10.3. The predicted molar refractivity (Wildman–Crippen MR) is 110 cm³/mol. The zero-order valence-corrected chi connectivity index (χ0v) is 18.2. The molecule has 0 radical (unpaired) electrons. The molecule has 4 saturated carbocycles. The van der Waals surface area contributed by atoms with Gasteiger partial charge in [-0.1, -0.05) is 13.3 Å². The van der Waals surface area contributed by atoms with Gasteiger partial charge in [0.2, 0.25) is 0 Å². The van der Waals surface area contributed by atoms with Crippen molar-refractivity contribution < 1.29 is 29.9 Å².